The van der Waals surface area contributed by atoms with E-state index < -0.39 is 0 Å². The van der Waals surface area contributed by atoms with Gasteiger partial charge in [-0.3, -0.25) is 4.99 Å². The smallest absolute Gasteiger partial charge is 0.191 e. The Labute approximate surface area is 141 Å². The molecule has 0 aliphatic carbocycles. The second kappa shape index (κ2) is 8.85. The van der Waals surface area contributed by atoms with Gasteiger partial charge in [-0.2, -0.15) is 0 Å². The summed E-state index contributed by atoms with van der Waals surface area (Å²) in [6.45, 7) is 13.1. The van der Waals surface area contributed by atoms with Crippen molar-refractivity contribution in [2.24, 2.45) is 10.4 Å². The van der Waals surface area contributed by atoms with Crippen molar-refractivity contribution in [3.8, 4) is 0 Å². The van der Waals surface area contributed by atoms with Gasteiger partial charge in [-0.05, 0) is 26.7 Å². The zero-order valence-corrected chi connectivity index (χ0v) is 15.2. The lowest BCUT2D eigenvalue weighted by Crippen LogP contribution is -2.53. The van der Waals surface area contributed by atoms with Crippen molar-refractivity contribution < 1.29 is 9.47 Å². The van der Waals surface area contributed by atoms with Crippen molar-refractivity contribution in [1.82, 2.24) is 15.5 Å². The quantitative estimate of drug-likeness (QED) is 0.541. The van der Waals surface area contributed by atoms with Gasteiger partial charge in [0.25, 0.3) is 0 Å². The molecule has 134 valence electrons. The lowest BCUT2D eigenvalue weighted by Gasteiger charge is -2.39. The molecule has 0 bridgehead atoms. The van der Waals surface area contributed by atoms with Crippen LogP contribution < -0.4 is 10.6 Å². The van der Waals surface area contributed by atoms with Crippen molar-refractivity contribution in [2.45, 2.75) is 45.8 Å². The van der Waals surface area contributed by atoms with Crippen LogP contribution in [0.25, 0.3) is 0 Å². The minimum absolute atomic E-state index is 0.261. The van der Waals surface area contributed by atoms with E-state index in [9.17, 15) is 0 Å². The van der Waals surface area contributed by atoms with E-state index in [1.807, 2.05) is 7.05 Å². The summed E-state index contributed by atoms with van der Waals surface area (Å²) >= 11 is 0. The average molecular weight is 326 g/mol. The van der Waals surface area contributed by atoms with Crippen LogP contribution in [0.15, 0.2) is 4.99 Å². The topological polar surface area (TPSA) is 58.1 Å². The number of piperidine rings is 1. The summed E-state index contributed by atoms with van der Waals surface area (Å²) in [5, 5.41) is 7.00. The second-order valence-electron chi connectivity index (χ2n) is 7.41. The van der Waals surface area contributed by atoms with E-state index >= 15 is 0 Å². The number of likely N-dealkylation sites (tertiary alicyclic amines) is 1. The molecule has 2 saturated heterocycles. The Bertz CT molecular complexity index is 375. The number of ether oxygens (including phenoxy) is 2. The van der Waals surface area contributed by atoms with Crippen LogP contribution >= 0.6 is 0 Å². The van der Waals surface area contributed by atoms with Crippen molar-refractivity contribution in [2.75, 3.05) is 53.0 Å². The van der Waals surface area contributed by atoms with E-state index in [1.165, 1.54) is 0 Å². The highest BCUT2D eigenvalue weighted by molar-refractivity contribution is 5.80. The van der Waals surface area contributed by atoms with Crippen LogP contribution in [0.1, 0.15) is 33.6 Å². The first-order valence-electron chi connectivity index (χ1n) is 8.90. The molecule has 2 rings (SSSR count). The molecule has 0 atom stereocenters. The summed E-state index contributed by atoms with van der Waals surface area (Å²) < 4.78 is 10.9. The van der Waals surface area contributed by atoms with Gasteiger partial charge in [0.1, 0.15) is 0 Å². The van der Waals surface area contributed by atoms with Gasteiger partial charge in [-0.15, -0.1) is 0 Å². The first-order valence-corrected chi connectivity index (χ1v) is 8.90. The normalized spacial score (nSPS) is 22.9. The molecule has 0 aromatic rings. The maximum atomic E-state index is 5.64. The Hall–Kier alpha value is -0.850. The van der Waals surface area contributed by atoms with E-state index in [0.29, 0.717) is 12.1 Å². The van der Waals surface area contributed by atoms with Crippen molar-refractivity contribution in [1.29, 1.82) is 0 Å². The zero-order chi connectivity index (χ0) is 16.7. The molecule has 2 heterocycles. The van der Waals surface area contributed by atoms with Crippen LogP contribution in [-0.2, 0) is 9.47 Å². The van der Waals surface area contributed by atoms with Crippen LogP contribution in [0.4, 0.5) is 0 Å². The number of rotatable bonds is 7. The Morgan fingerprint density at radius 2 is 2.04 bits per heavy atom. The summed E-state index contributed by atoms with van der Waals surface area (Å²) in [6, 6.07) is 0.508. The molecule has 0 aromatic heterocycles. The van der Waals surface area contributed by atoms with Crippen LogP contribution in [0.2, 0.25) is 0 Å². The fourth-order valence-electron chi connectivity index (χ4n) is 2.96. The Morgan fingerprint density at radius 3 is 2.57 bits per heavy atom. The standard InChI is InChI=1S/C17H34N4O2/c1-14(2)23-10-9-21-7-5-15(6-8-21)20-16(18-4)19-11-17(3)12-22-13-17/h14-15H,5-13H2,1-4H3,(H2,18,19,20). The number of nitrogens with zero attached hydrogens (tertiary/aromatic N) is 2. The summed E-state index contributed by atoms with van der Waals surface area (Å²) in [5.41, 5.74) is 0.261. The van der Waals surface area contributed by atoms with Crippen LogP contribution in [0.5, 0.6) is 0 Å². The molecule has 0 aromatic carbocycles. The number of hydrogen-bond acceptors (Lipinski definition) is 4. The summed E-state index contributed by atoms with van der Waals surface area (Å²) in [7, 11) is 1.84. The van der Waals surface area contributed by atoms with Gasteiger partial charge in [-0.1, -0.05) is 6.92 Å². The van der Waals surface area contributed by atoms with Gasteiger partial charge >= 0.3 is 0 Å². The minimum atomic E-state index is 0.261. The predicted octanol–water partition coefficient (Wildman–Crippen LogP) is 1.08. The first-order chi connectivity index (χ1) is 11.0. The second-order valence-corrected chi connectivity index (χ2v) is 7.41. The third-order valence-corrected chi connectivity index (χ3v) is 4.59. The number of hydrogen-bond donors (Lipinski definition) is 2. The molecule has 6 heteroatoms. The molecule has 2 aliphatic heterocycles. The lowest BCUT2D eigenvalue weighted by molar-refractivity contribution is -0.0971. The zero-order valence-electron chi connectivity index (χ0n) is 15.2. The molecule has 0 amide bonds. The molecule has 2 aliphatic rings. The van der Waals surface area contributed by atoms with Crippen molar-refractivity contribution in [3.63, 3.8) is 0 Å². The SMILES string of the molecule is CN=C(NCC1(C)COC1)NC1CCN(CCOC(C)C)CC1. The third-order valence-electron chi connectivity index (χ3n) is 4.59. The van der Waals surface area contributed by atoms with E-state index in [1.54, 1.807) is 0 Å². The molecule has 6 nitrogen and oxygen atoms in total. The Kier molecular flexibility index (Phi) is 7.11. The third kappa shape index (κ3) is 6.28. The molecule has 0 radical (unpaired) electrons. The first kappa shape index (κ1) is 18.5. The Morgan fingerprint density at radius 1 is 1.35 bits per heavy atom. The maximum absolute atomic E-state index is 5.64. The fourth-order valence-corrected chi connectivity index (χ4v) is 2.96. The highest BCUT2D eigenvalue weighted by Gasteiger charge is 2.33. The average Bonchev–Trinajstić information content (AvgIpc) is 2.50. The van der Waals surface area contributed by atoms with Crippen molar-refractivity contribution in [3.05, 3.63) is 0 Å². The van der Waals surface area contributed by atoms with E-state index in [0.717, 1.165) is 64.8 Å². The maximum Gasteiger partial charge on any atom is 0.191 e. The van der Waals surface area contributed by atoms with Crippen LogP contribution in [-0.4, -0.2) is 76.1 Å². The van der Waals surface area contributed by atoms with Gasteiger partial charge in [0.2, 0.25) is 0 Å². The summed E-state index contributed by atoms with van der Waals surface area (Å²) in [6.07, 6.45) is 2.64. The van der Waals surface area contributed by atoms with Gasteiger partial charge in [0.05, 0.1) is 25.9 Å². The highest BCUT2D eigenvalue weighted by Crippen LogP contribution is 2.25. The van der Waals surface area contributed by atoms with E-state index in [-0.39, 0.29) is 5.41 Å². The molecule has 0 unspecified atom stereocenters. The summed E-state index contributed by atoms with van der Waals surface area (Å²) in [4.78, 5) is 6.84. The molecule has 23 heavy (non-hydrogen) atoms. The number of nitrogens with one attached hydrogen (secondary N) is 2. The molecule has 0 saturated carbocycles. The number of aliphatic imine (C=N–C) groups is 1. The molecule has 0 spiro atoms. The minimum Gasteiger partial charge on any atom is -0.380 e. The van der Waals surface area contributed by atoms with Gasteiger partial charge in [-0.25, -0.2) is 0 Å². The van der Waals surface area contributed by atoms with Crippen LogP contribution in [0.3, 0.4) is 0 Å². The van der Waals surface area contributed by atoms with Gasteiger partial charge < -0.3 is 25.0 Å². The molecule has 2 N–H and O–H groups in total. The lowest BCUT2D eigenvalue weighted by atomic mass is 9.89. The Balaban J connectivity index is 1.62. The molecular weight excluding hydrogens is 292 g/mol. The summed E-state index contributed by atoms with van der Waals surface area (Å²) in [5.74, 6) is 0.916. The van der Waals surface area contributed by atoms with E-state index in [4.69, 9.17) is 9.47 Å². The van der Waals surface area contributed by atoms with E-state index in [2.05, 4.69) is 41.3 Å². The van der Waals surface area contributed by atoms with Gasteiger partial charge in [0.15, 0.2) is 5.96 Å². The van der Waals surface area contributed by atoms with Gasteiger partial charge in [0, 0.05) is 44.7 Å². The monoisotopic (exact) mass is 326 g/mol. The molecule has 2 fully saturated rings. The predicted molar refractivity (Wildman–Crippen MR) is 94.0 cm³/mol. The molecular formula is C17H34N4O2. The largest absolute Gasteiger partial charge is 0.380 e. The highest BCUT2D eigenvalue weighted by atomic mass is 16.5. The van der Waals surface area contributed by atoms with Crippen LogP contribution in [0, 0.1) is 5.41 Å². The fraction of sp³-hybridized carbons (Fsp3) is 0.941. The van der Waals surface area contributed by atoms with Crippen molar-refractivity contribution >= 4 is 5.96 Å². The number of guanidine groups is 1.